The average Bonchev–Trinajstić information content (AvgIpc) is 2.22. The quantitative estimate of drug-likeness (QED) is 0.742. The Morgan fingerprint density at radius 1 is 1.67 bits per heavy atom. The minimum absolute atomic E-state index is 0.140. The summed E-state index contributed by atoms with van der Waals surface area (Å²) in [5, 5.41) is 17.9. The van der Waals surface area contributed by atoms with Crippen LogP contribution in [0.1, 0.15) is 19.3 Å². The van der Waals surface area contributed by atoms with Gasteiger partial charge in [0.1, 0.15) is 6.42 Å². The zero-order chi connectivity index (χ0) is 11.3. The van der Waals surface area contributed by atoms with Crippen molar-refractivity contribution in [2.45, 2.75) is 25.4 Å². The Labute approximate surface area is 88.3 Å². The van der Waals surface area contributed by atoms with E-state index in [9.17, 15) is 14.3 Å². The zero-order valence-corrected chi connectivity index (χ0v) is 8.53. The summed E-state index contributed by atoms with van der Waals surface area (Å²) >= 11 is 0. The maximum atomic E-state index is 12.2. The fourth-order valence-corrected chi connectivity index (χ4v) is 1.85. The van der Waals surface area contributed by atoms with Crippen LogP contribution in [0.5, 0.6) is 0 Å². The number of alkyl halides is 1. The number of aliphatic hydroxyl groups excluding tert-OH is 1. The number of rotatable bonds is 3. The van der Waals surface area contributed by atoms with Gasteiger partial charge in [0, 0.05) is 19.0 Å². The van der Waals surface area contributed by atoms with E-state index in [0.717, 1.165) is 0 Å². The van der Waals surface area contributed by atoms with Crippen LogP contribution in [-0.4, -0.2) is 41.8 Å². The van der Waals surface area contributed by atoms with E-state index < -0.39 is 12.8 Å². The molecule has 1 fully saturated rings. The predicted molar refractivity (Wildman–Crippen MR) is 51.5 cm³/mol. The van der Waals surface area contributed by atoms with Crippen molar-refractivity contribution >= 4 is 5.91 Å². The highest BCUT2D eigenvalue weighted by Gasteiger charge is 2.29. The Morgan fingerprint density at radius 2 is 2.40 bits per heavy atom. The van der Waals surface area contributed by atoms with Gasteiger partial charge in [-0.2, -0.15) is 5.26 Å². The number of nitrogens with zero attached hydrogens (tertiary/aromatic N) is 2. The molecule has 5 heteroatoms. The summed E-state index contributed by atoms with van der Waals surface area (Å²) in [5.41, 5.74) is 0. The Morgan fingerprint density at radius 3 is 3.00 bits per heavy atom. The lowest BCUT2D eigenvalue weighted by atomic mass is 9.92. The lowest BCUT2D eigenvalue weighted by Crippen LogP contribution is -2.46. The highest BCUT2D eigenvalue weighted by Crippen LogP contribution is 2.20. The highest BCUT2D eigenvalue weighted by molar-refractivity contribution is 5.78. The lowest BCUT2D eigenvalue weighted by molar-refractivity contribution is -0.134. The SMILES string of the molecule is N#CCC(=O)N1CC[C@H](O)[C@H](CCF)C1. The topological polar surface area (TPSA) is 64.3 Å². The predicted octanol–water partition coefficient (Wildman–Crippen LogP) is 0.469. The van der Waals surface area contributed by atoms with Gasteiger partial charge in [-0.15, -0.1) is 0 Å². The molecule has 1 N–H and O–H groups in total. The number of carbonyl (C=O) groups excluding carboxylic acids is 1. The fourth-order valence-electron chi connectivity index (χ4n) is 1.85. The van der Waals surface area contributed by atoms with Gasteiger partial charge >= 0.3 is 0 Å². The molecule has 1 heterocycles. The van der Waals surface area contributed by atoms with E-state index in [1.165, 1.54) is 4.90 Å². The summed E-state index contributed by atoms with van der Waals surface area (Å²) in [4.78, 5) is 12.9. The number of hydrogen-bond acceptors (Lipinski definition) is 3. The second-order valence-corrected chi connectivity index (χ2v) is 3.77. The number of amides is 1. The molecule has 4 nitrogen and oxygen atoms in total. The average molecular weight is 214 g/mol. The normalized spacial score (nSPS) is 26.1. The van der Waals surface area contributed by atoms with Crippen molar-refractivity contribution in [1.82, 2.24) is 4.90 Å². The second-order valence-electron chi connectivity index (χ2n) is 3.77. The Hall–Kier alpha value is -1.15. The maximum absolute atomic E-state index is 12.2. The van der Waals surface area contributed by atoms with Gasteiger partial charge in [0.2, 0.25) is 5.91 Å². The molecular formula is C10H15FN2O2. The fraction of sp³-hybridized carbons (Fsp3) is 0.800. The number of piperidine rings is 1. The molecule has 0 aromatic rings. The van der Waals surface area contributed by atoms with Crippen molar-refractivity contribution in [2.75, 3.05) is 19.8 Å². The van der Waals surface area contributed by atoms with Crippen molar-refractivity contribution in [1.29, 1.82) is 5.26 Å². The van der Waals surface area contributed by atoms with Crippen LogP contribution >= 0.6 is 0 Å². The Kier molecular flexibility index (Phi) is 4.50. The minimum atomic E-state index is -0.521. The summed E-state index contributed by atoms with van der Waals surface area (Å²) in [6.45, 7) is 0.345. The maximum Gasteiger partial charge on any atom is 0.236 e. The molecule has 0 aliphatic carbocycles. The molecule has 15 heavy (non-hydrogen) atoms. The number of carbonyl (C=O) groups is 1. The van der Waals surface area contributed by atoms with Crippen LogP contribution in [-0.2, 0) is 4.79 Å². The molecule has 1 saturated heterocycles. The van der Waals surface area contributed by atoms with Crippen molar-refractivity contribution in [3.05, 3.63) is 0 Å². The standard InChI is InChI=1S/C10H15FN2O2/c11-4-1-8-7-13(6-3-9(8)14)10(15)2-5-12/h8-9,14H,1-4,6-7H2/t8-,9+/m1/s1. The number of hydrogen-bond donors (Lipinski definition) is 1. The van der Waals surface area contributed by atoms with E-state index in [4.69, 9.17) is 5.26 Å². The molecule has 1 aliphatic rings. The van der Waals surface area contributed by atoms with Gasteiger partial charge in [-0.3, -0.25) is 9.18 Å². The third-order valence-corrected chi connectivity index (χ3v) is 2.76. The summed E-state index contributed by atoms with van der Waals surface area (Å²) in [5.74, 6) is -0.417. The van der Waals surface area contributed by atoms with Crippen LogP contribution in [0, 0.1) is 17.2 Å². The van der Waals surface area contributed by atoms with Gasteiger partial charge in [-0.1, -0.05) is 0 Å². The summed E-state index contributed by atoms with van der Waals surface area (Å²) in [6, 6.07) is 1.80. The molecule has 1 aliphatic heterocycles. The van der Waals surface area contributed by atoms with Crippen molar-refractivity contribution in [3.8, 4) is 6.07 Å². The van der Waals surface area contributed by atoms with Crippen molar-refractivity contribution in [3.63, 3.8) is 0 Å². The van der Waals surface area contributed by atoms with Gasteiger partial charge in [0.05, 0.1) is 18.8 Å². The molecule has 1 amide bonds. The van der Waals surface area contributed by atoms with Gasteiger partial charge in [-0.05, 0) is 12.8 Å². The smallest absolute Gasteiger partial charge is 0.236 e. The van der Waals surface area contributed by atoms with Crippen molar-refractivity contribution in [2.24, 2.45) is 5.92 Å². The van der Waals surface area contributed by atoms with E-state index in [1.54, 1.807) is 6.07 Å². The Balaban J connectivity index is 2.50. The number of halogens is 1. The molecule has 0 spiro atoms. The first-order valence-corrected chi connectivity index (χ1v) is 5.07. The van der Waals surface area contributed by atoms with Crippen LogP contribution in [0.15, 0.2) is 0 Å². The monoisotopic (exact) mass is 214 g/mol. The molecule has 0 aromatic carbocycles. The molecule has 0 saturated carbocycles. The molecule has 2 atom stereocenters. The molecule has 0 aromatic heterocycles. The van der Waals surface area contributed by atoms with Gasteiger partial charge in [-0.25, -0.2) is 0 Å². The van der Waals surface area contributed by atoms with Crippen LogP contribution in [0.25, 0.3) is 0 Å². The van der Waals surface area contributed by atoms with E-state index in [0.29, 0.717) is 19.5 Å². The van der Waals surface area contributed by atoms with E-state index in [-0.39, 0.29) is 24.7 Å². The summed E-state index contributed by atoms with van der Waals surface area (Å²) in [6.07, 6.45) is 0.0875. The van der Waals surface area contributed by atoms with Crippen LogP contribution in [0.3, 0.4) is 0 Å². The van der Waals surface area contributed by atoms with Gasteiger partial charge in [0.15, 0.2) is 0 Å². The van der Waals surface area contributed by atoms with Crippen LogP contribution in [0.4, 0.5) is 4.39 Å². The molecule has 84 valence electrons. The number of aliphatic hydroxyl groups is 1. The first-order chi connectivity index (χ1) is 7.19. The first kappa shape index (κ1) is 11.9. The molecule has 1 rings (SSSR count). The zero-order valence-electron chi connectivity index (χ0n) is 8.53. The van der Waals surface area contributed by atoms with Gasteiger partial charge < -0.3 is 10.0 Å². The van der Waals surface area contributed by atoms with E-state index in [2.05, 4.69) is 0 Å². The van der Waals surface area contributed by atoms with Crippen LogP contribution in [0.2, 0.25) is 0 Å². The lowest BCUT2D eigenvalue weighted by Gasteiger charge is -2.35. The number of likely N-dealkylation sites (tertiary alicyclic amines) is 1. The molecule has 0 bridgehead atoms. The Bertz CT molecular complexity index is 265. The van der Waals surface area contributed by atoms with Crippen LogP contribution < -0.4 is 0 Å². The molecule has 0 unspecified atom stereocenters. The summed E-state index contributed by atoms with van der Waals surface area (Å²) < 4.78 is 12.2. The molecular weight excluding hydrogens is 199 g/mol. The third kappa shape index (κ3) is 3.17. The summed E-state index contributed by atoms with van der Waals surface area (Å²) in [7, 11) is 0. The van der Waals surface area contributed by atoms with Gasteiger partial charge in [0.25, 0.3) is 0 Å². The minimum Gasteiger partial charge on any atom is -0.393 e. The largest absolute Gasteiger partial charge is 0.393 e. The third-order valence-electron chi connectivity index (χ3n) is 2.76. The second kappa shape index (κ2) is 5.66. The van der Waals surface area contributed by atoms with Crippen molar-refractivity contribution < 1.29 is 14.3 Å². The highest BCUT2D eigenvalue weighted by atomic mass is 19.1. The molecule has 0 radical (unpaired) electrons. The number of nitriles is 1. The van der Waals surface area contributed by atoms with E-state index >= 15 is 0 Å². The van der Waals surface area contributed by atoms with E-state index in [1.807, 2.05) is 0 Å². The first-order valence-electron chi connectivity index (χ1n) is 5.07.